The summed E-state index contributed by atoms with van der Waals surface area (Å²) in [5.41, 5.74) is 2.00. The number of amides is 3. The van der Waals surface area contributed by atoms with Gasteiger partial charge in [-0.25, -0.2) is 4.79 Å². The van der Waals surface area contributed by atoms with Crippen LogP contribution in [0.1, 0.15) is 52.0 Å². The molecule has 0 bridgehead atoms. The van der Waals surface area contributed by atoms with Crippen molar-refractivity contribution in [2.75, 3.05) is 19.0 Å². The molecule has 0 aromatic heterocycles. The fraction of sp³-hybridized carbons (Fsp3) is 0.619. The SMILES string of the molecule is CCCC[C@@H]1N(C)C(=O)[C@H](CC(C)C)N1C(=O)N(C)c1ccc(C)cc1. The normalized spacial score (nSPS) is 20.2. The van der Waals surface area contributed by atoms with Gasteiger partial charge in [-0.3, -0.25) is 14.6 Å². The van der Waals surface area contributed by atoms with Crippen molar-refractivity contribution in [3.05, 3.63) is 29.8 Å². The Labute approximate surface area is 158 Å². The van der Waals surface area contributed by atoms with Crippen LogP contribution in [0.4, 0.5) is 10.5 Å². The summed E-state index contributed by atoms with van der Waals surface area (Å²) in [7, 11) is 3.62. The molecular weight excluding hydrogens is 326 g/mol. The van der Waals surface area contributed by atoms with Gasteiger partial charge in [-0.15, -0.1) is 0 Å². The van der Waals surface area contributed by atoms with Crippen molar-refractivity contribution in [3.63, 3.8) is 0 Å². The Morgan fingerprint density at radius 1 is 1.23 bits per heavy atom. The first-order valence-corrected chi connectivity index (χ1v) is 9.67. The van der Waals surface area contributed by atoms with Crippen molar-refractivity contribution in [2.24, 2.45) is 5.92 Å². The Kier molecular flexibility index (Phi) is 6.68. The van der Waals surface area contributed by atoms with Gasteiger partial charge in [0.2, 0.25) is 5.91 Å². The Morgan fingerprint density at radius 3 is 2.38 bits per heavy atom. The van der Waals surface area contributed by atoms with E-state index in [0.717, 1.165) is 30.5 Å². The van der Waals surface area contributed by atoms with E-state index in [1.807, 2.05) is 43.1 Å². The highest BCUT2D eigenvalue weighted by atomic mass is 16.2. The predicted octanol–water partition coefficient (Wildman–Crippen LogP) is 4.26. The highest BCUT2D eigenvalue weighted by Gasteiger charge is 2.47. The number of aryl methyl sites for hydroxylation is 1. The van der Waals surface area contributed by atoms with Crippen molar-refractivity contribution in [1.82, 2.24) is 9.80 Å². The summed E-state index contributed by atoms with van der Waals surface area (Å²) in [4.78, 5) is 31.5. The second-order valence-electron chi connectivity index (χ2n) is 7.80. The standard InChI is InChI=1S/C21H33N3O2/c1-7-8-9-19-23(6)20(25)18(14-15(2)3)24(19)21(26)22(5)17-12-10-16(4)11-13-17/h10-13,15,18-19H,7-9,14H2,1-6H3/t18-,19+/m0/s1. The van der Waals surface area contributed by atoms with Crippen LogP contribution in [0.2, 0.25) is 0 Å². The second-order valence-corrected chi connectivity index (χ2v) is 7.80. The summed E-state index contributed by atoms with van der Waals surface area (Å²) in [5.74, 6) is 0.410. The number of carbonyl (C=O) groups is 2. The van der Waals surface area contributed by atoms with Gasteiger partial charge in [-0.1, -0.05) is 44.9 Å². The minimum atomic E-state index is -0.373. The maximum Gasteiger partial charge on any atom is 0.326 e. The van der Waals surface area contributed by atoms with Crippen LogP contribution in [0.25, 0.3) is 0 Å². The van der Waals surface area contributed by atoms with Crippen molar-refractivity contribution in [3.8, 4) is 0 Å². The molecule has 1 aromatic carbocycles. The van der Waals surface area contributed by atoms with Crippen LogP contribution in [-0.4, -0.2) is 48.0 Å². The molecule has 1 aliphatic rings. The van der Waals surface area contributed by atoms with Crippen LogP contribution in [0.5, 0.6) is 0 Å². The molecule has 0 unspecified atom stereocenters. The van der Waals surface area contributed by atoms with Crippen molar-refractivity contribution in [2.45, 2.75) is 65.6 Å². The zero-order valence-corrected chi connectivity index (χ0v) is 17.0. The van der Waals surface area contributed by atoms with Gasteiger partial charge in [0, 0.05) is 19.8 Å². The first-order chi connectivity index (χ1) is 12.3. The number of rotatable bonds is 6. The molecule has 0 aliphatic carbocycles. The van der Waals surface area contributed by atoms with E-state index in [0.29, 0.717) is 12.3 Å². The number of benzene rings is 1. The van der Waals surface area contributed by atoms with E-state index in [9.17, 15) is 9.59 Å². The van der Waals surface area contributed by atoms with Gasteiger partial charge >= 0.3 is 6.03 Å². The van der Waals surface area contributed by atoms with Crippen LogP contribution in [0.15, 0.2) is 24.3 Å². The Hall–Kier alpha value is -2.04. The number of likely N-dealkylation sites (N-methyl/N-ethyl adjacent to an activating group) is 1. The van der Waals surface area contributed by atoms with Gasteiger partial charge in [-0.05, 0) is 44.2 Å². The van der Waals surface area contributed by atoms with E-state index < -0.39 is 0 Å². The minimum Gasteiger partial charge on any atom is -0.323 e. The highest BCUT2D eigenvalue weighted by molar-refractivity contribution is 5.97. The quantitative estimate of drug-likeness (QED) is 0.762. The number of hydrogen-bond acceptors (Lipinski definition) is 2. The number of hydrogen-bond donors (Lipinski definition) is 0. The zero-order valence-electron chi connectivity index (χ0n) is 17.0. The molecule has 0 N–H and O–H groups in total. The second kappa shape index (κ2) is 8.56. The summed E-state index contributed by atoms with van der Waals surface area (Å²) < 4.78 is 0. The topological polar surface area (TPSA) is 43.9 Å². The van der Waals surface area contributed by atoms with Crippen molar-refractivity contribution in [1.29, 1.82) is 0 Å². The molecule has 1 fully saturated rings. The fourth-order valence-electron chi connectivity index (χ4n) is 3.59. The minimum absolute atomic E-state index is 0.0606. The lowest BCUT2D eigenvalue weighted by molar-refractivity contribution is -0.129. The molecule has 144 valence electrons. The average Bonchev–Trinajstić information content (AvgIpc) is 2.83. The third-order valence-corrected chi connectivity index (χ3v) is 5.18. The first kappa shape index (κ1) is 20.3. The van der Waals surface area contributed by atoms with E-state index >= 15 is 0 Å². The summed E-state index contributed by atoms with van der Waals surface area (Å²) in [6.45, 7) is 8.35. The summed E-state index contributed by atoms with van der Waals surface area (Å²) in [5, 5.41) is 0. The molecule has 26 heavy (non-hydrogen) atoms. The summed E-state index contributed by atoms with van der Waals surface area (Å²) in [6, 6.07) is 7.43. The third kappa shape index (κ3) is 4.19. The Bertz CT molecular complexity index is 627. The lowest BCUT2D eigenvalue weighted by atomic mass is 10.0. The maximum absolute atomic E-state index is 13.4. The van der Waals surface area contributed by atoms with Crippen LogP contribution in [0, 0.1) is 12.8 Å². The van der Waals surface area contributed by atoms with E-state index in [-0.39, 0.29) is 24.1 Å². The monoisotopic (exact) mass is 359 g/mol. The maximum atomic E-state index is 13.4. The molecule has 0 saturated carbocycles. The largest absolute Gasteiger partial charge is 0.326 e. The third-order valence-electron chi connectivity index (χ3n) is 5.18. The van der Waals surface area contributed by atoms with Crippen LogP contribution in [0.3, 0.4) is 0 Å². The number of carbonyl (C=O) groups excluding carboxylic acids is 2. The van der Waals surface area contributed by atoms with Gasteiger partial charge in [0.25, 0.3) is 0 Å². The molecule has 1 aliphatic heterocycles. The smallest absolute Gasteiger partial charge is 0.323 e. The molecule has 0 spiro atoms. The molecule has 1 heterocycles. The fourth-order valence-corrected chi connectivity index (χ4v) is 3.59. The van der Waals surface area contributed by atoms with E-state index in [1.165, 1.54) is 0 Å². The number of anilines is 1. The molecule has 2 rings (SSSR count). The molecule has 0 radical (unpaired) electrons. The van der Waals surface area contributed by atoms with Crippen molar-refractivity contribution >= 4 is 17.6 Å². The Morgan fingerprint density at radius 2 is 1.85 bits per heavy atom. The molecule has 1 saturated heterocycles. The number of nitrogens with zero attached hydrogens (tertiary/aromatic N) is 3. The average molecular weight is 360 g/mol. The lowest BCUT2D eigenvalue weighted by Gasteiger charge is -2.34. The van der Waals surface area contributed by atoms with Crippen LogP contribution < -0.4 is 4.90 Å². The summed E-state index contributed by atoms with van der Waals surface area (Å²) >= 11 is 0. The number of unbranched alkanes of at least 4 members (excludes halogenated alkanes) is 1. The van der Waals surface area contributed by atoms with Crippen LogP contribution >= 0.6 is 0 Å². The summed E-state index contributed by atoms with van der Waals surface area (Å²) in [6.07, 6.45) is 3.39. The molecule has 3 amide bonds. The molecule has 5 heteroatoms. The van der Waals surface area contributed by atoms with E-state index in [4.69, 9.17) is 0 Å². The molecular formula is C21H33N3O2. The van der Waals surface area contributed by atoms with Gasteiger partial charge in [0.05, 0.1) is 0 Å². The van der Waals surface area contributed by atoms with Crippen LogP contribution in [-0.2, 0) is 4.79 Å². The first-order valence-electron chi connectivity index (χ1n) is 9.67. The molecule has 5 nitrogen and oxygen atoms in total. The van der Waals surface area contributed by atoms with E-state index in [1.54, 1.807) is 16.8 Å². The van der Waals surface area contributed by atoms with Gasteiger partial charge in [-0.2, -0.15) is 0 Å². The zero-order chi connectivity index (χ0) is 19.4. The predicted molar refractivity (Wildman–Crippen MR) is 106 cm³/mol. The Balaban J connectivity index is 2.32. The number of urea groups is 1. The highest BCUT2D eigenvalue weighted by Crippen LogP contribution is 2.30. The van der Waals surface area contributed by atoms with E-state index in [2.05, 4.69) is 20.8 Å². The van der Waals surface area contributed by atoms with Gasteiger partial charge < -0.3 is 4.90 Å². The van der Waals surface area contributed by atoms with Crippen molar-refractivity contribution < 1.29 is 9.59 Å². The molecule has 2 atom stereocenters. The lowest BCUT2D eigenvalue weighted by Crippen LogP contribution is -2.50. The molecule has 1 aromatic rings. The van der Waals surface area contributed by atoms with Gasteiger partial charge in [0.1, 0.15) is 12.2 Å². The van der Waals surface area contributed by atoms with Gasteiger partial charge in [0.15, 0.2) is 0 Å².